The third kappa shape index (κ3) is 5.77. The van der Waals surface area contributed by atoms with Crippen LogP contribution in [0.3, 0.4) is 0 Å². The Morgan fingerprint density at radius 1 is 1.34 bits per heavy atom. The average molecular weight is 441 g/mol. The van der Waals surface area contributed by atoms with Gasteiger partial charge in [0.1, 0.15) is 6.10 Å². The van der Waals surface area contributed by atoms with Crippen LogP contribution in [-0.4, -0.2) is 54.1 Å². The predicted molar refractivity (Wildman–Crippen MR) is 112 cm³/mol. The molecule has 1 aromatic heterocycles. The number of nitrogens with zero attached hydrogens (tertiary/aromatic N) is 3. The number of carboxylic acid groups (broad SMARTS) is 1. The van der Waals surface area contributed by atoms with Crippen molar-refractivity contribution < 1.29 is 19.4 Å². The number of benzene rings is 1. The Labute approximate surface area is 178 Å². The van der Waals surface area contributed by atoms with Crippen molar-refractivity contribution in [1.29, 1.82) is 0 Å². The minimum absolute atomic E-state index is 0.273. The molecule has 2 heterocycles. The zero-order valence-electron chi connectivity index (χ0n) is 15.9. The quantitative estimate of drug-likeness (QED) is 0.620. The number of carbonyl (C=O) groups is 1. The normalized spacial score (nSPS) is 14.5. The molecule has 1 fully saturated rings. The summed E-state index contributed by atoms with van der Waals surface area (Å²) in [4.78, 5) is 21.5. The van der Waals surface area contributed by atoms with E-state index in [2.05, 4.69) is 20.2 Å². The van der Waals surface area contributed by atoms with E-state index in [0.717, 1.165) is 11.3 Å². The van der Waals surface area contributed by atoms with Crippen LogP contribution in [0.5, 0.6) is 6.01 Å². The van der Waals surface area contributed by atoms with E-state index in [9.17, 15) is 4.79 Å². The van der Waals surface area contributed by atoms with E-state index in [-0.39, 0.29) is 12.1 Å². The minimum Gasteiger partial charge on any atom is -0.467 e. The van der Waals surface area contributed by atoms with Crippen molar-refractivity contribution in [3.63, 3.8) is 0 Å². The Balaban J connectivity index is 1.66. The first-order valence-corrected chi connectivity index (χ1v) is 9.95. The van der Waals surface area contributed by atoms with E-state index in [0.29, 0.717) is 54.8 Å². The Hall–Kier alpha value is -2.45. The molecule has 2 N–H and O–H groups in total. The molecular formula is C19H22Cl2N4O4. The van der Waals surface area contributed by atoms with Gasteiger partial charge in [-0.1, -0.05) is 29.3 Å². The number of anilines is 2. The van der Waals surface area contributed by atoms with E-state index in [4.69, 9.17) is 37.8 Å². The molecule has 8 nitrogen and oxygen atoms in total. The highest BCUT2D eigenvalue weighted by Crippen LogP contribution is 2.28. The summed E-state index contributed by atoms with van der Waals surface area (Å²) in [5.41, 5.74) is 1.76. The number of hydrogen-bond donors (Lipinski definition) is 2. The maximum atomic E-state index is 10.7. The highest BCUT2D eigenvalue weighted by molar-refractivity contribution is 6.35. The van der Waals surface area contributed by atoms with Gasteiger partial charge in [-0.2, -0.15) is 4.98 Å². The van der Waals surface area contributed by atoms with Gasteiger partial charge in [-0.3, -0.25) is 0 Å². The summed E-state index contributed by atoms with van der Waals surface area (Å²) in [5, 5.41) is 13.4. The monoisotopic (exact) mass is 440 g/mol. The van der Waals surface area contributed by atoms with Crippen molar-refractivity contribution in [3.05, 3.63) is 40.0 Å². The molecule has 0 spiro atoms. The van der Waals surface area contributed by atoms with E-state index in [1.54, 1.807) is 12.3 Å². The molecule has 0 radical (unpaired) electrons. The molecule has 0 atom stereocenters. The van der Waals surface area contributed by atoms with Gasteiger partial charge in [0.25, 0.3) is 0 Å². The Morgan fingerprint density at radius 3 is 2.76 bits per heavy atom. The second kappa shape index (κ2) is 9.84. The van der Waals surface area contributed by atoms with Gasteiger partial charge in [0, 0.05) is 42.5 Å². The number of rotatable bonds is 7. The third-order valence-electron chi connectivity index (χ3n) is 4.66. The molecule has 2 aromatic rings. The van der Waals surface area contributed by atoms with E-state index in [1.165, 1.54) is 7.11 Å². The number of halogens is 2. The maximum Gasteiger partial charge on any atom is 0.506 e. The lowest BCUT2D eigenvalue weighted by molar-refractivity contribution is 0.0415. The molecule has 156 valence electrons. The summed E-state index contributed by atoms with van der Waals surface area (Å²) in [6.07, 6.45) is 2.04. The van der Waals surface area contributed by atoms with Gasteiger partial charge in [0.05, 0.1) is 19.0 Å². The van der Waals surface area contributed by atoms with Gasteiger partial charge in [-0.25, -0.2) is 9.78 Å². The highest BCUT2D eigenvalue weighted by atomic mass is 35.5. The Kier molecular flexibility index (Phi) is 7.22. The van der Waals surface area contributed by atoms with Crippen molar-refractivity contribution in [1.82, 2.24) is 9.97 Å². The summed E-state index contributed by atoms with van der Waals surface area (Å²) in [6.45, 7) is 1.87. The van der Waals surface area contributed by atoms with Gasteiger partial charge >= 0.3 is 12.2 Å². The van der Waals surface area contributed by atoms with Gasteiger partial charge < -0.3 is 24.8 Å². The van der Waals surface area contributed by atoms with Gasteiger partial charge in [0.2, 0.25) is 0 Å². The lowest BCUT2D eigenvalue weighted by atomic mass is 10.1. The topological polar surface area (TPSA) is 96.8 Å². The summed E-state index contributed by atoms with van der Waals surface area (Å²) in [5.74, 6) is 0.716. The van der Waals surface area contributed by atoms with Crippen LogP contribution in [0.4, 0.5) is 16.3 Å². The summed E-state index contributed by atoms with van der Waals surface area (Å²) < 4.78 is 10.0. The largest absolute Gasteiger partial charge is 0.506 e. The standard InChI is InChI=1S/C19H22Cl2N4O4/c1-28-18-23-11-16(22-7-4-12-2-3-13(20)10-15(12)21)17(24-18)25-8-5-14(6-9-25)29-19(26)27/h2-3,10-11,14,22H,4-9H2,1H3,(H,26,27). The summed E-state index contributed by atoms with van der Waals surface area (Å²) in [7, 11) is 1.52. The molecule has 3 rings (SSSR count). The zero-order chi connectivity index (χ0) is 20.8. The number of hydrogen-bond acceptors (Lipinski definition) is 7. The molecule has 1 aliphatic rings. The van der Waals surface area contributed by atoms with Crippen LogP contribution < -0.4 is 15.0 Å². The second-order valence-electron chi connectivity index (χ2n) is 6.58. The molecule has 0 bridgehead atoms. The molecule has 1 saturated heterocycles. The fourth-order valence-electron chi connectivity index (χ4n) is 3.21. The van der Waals surface area contributed by atoms with Crippen molar-refractivity contribution >= 4 is 40.9 Å². The number of piperidine rings is 1. The van der Waals surface area contributed by atoms with Gasteiger partial charge in [-0.05, 0) is 24.1 Å². The number of methoxy groups -OCH3 is 1. The molecule has 1 aliphatic heterocycles. The first-order chi connectivity index (χ1) is 14.0. The zero-order valence-corrected chi connectivity index (χ0v) is 17.4. The van der Waals surface area contributed by atoms with Crippen LogP contribution in [0, 0.1) is 0 Å². The SMILES string of the molecule is COc1ncc(NCCc2ccc(Cl)cc2Cl)c(N2CCC(OC(=O)O)CC2)n1. The maximum absolute atomic E-state index is 10.7. The molecular weight excluding hydrogens is 419 g/mol. The van der Waals surface area contributed by atoms with Crippen LogP contribution in [0.25, 0.3) is 0 Å². The van der Waals surface area contributed by atoms with Crippen LogP contribution in [0.15, 0.2) is 24.4 Å². The highest BCUT2D eigenvalue weighted by Gasteiger charge is 2.25. The number of ether oxygens (including phenoxy) is 2. The first kappa shape index (κ1) is 21.3. The van der Waals surface area contributed by atoms with Gasteiger partial charge in [-0.15, -0.1) is 0 Å². The Morgan fingerprint density at radius 2 is 2.10 bits per heavy atom. The molecule has 0 saturated carbocycles. The molecule has 0 amide bonds. The molecule has 0 unspecified atom stereocenters. The van der Waals surface area contributed by atoms with Crippen molar-refractivity contribution in [2.24, 2.45) is 0 Å². The fraction of sp³-hybridized carbons (Fsp3) is 0.421. The van der Waals surface area contributed by atoms with Crippen molar-refractivity contribution in [2.75, 3.05) is 37.0 Å². The van der Waals surface area contributed by atoms with E-state index < -0.39 is 6.16 Å². The summed E-state index contributed by atoms with van der Waals surface area (Å²) >= 11 is 12.2. The van der Waals surface area contributed by atoms with Crippen molar-refractivity contribution in [3.8, 4) is 6.01 Å². The van der Waals surface area contributed by atoms with Gasteiger partial charge in [0.15, 0.2) is 5.82 Å². The third-order valence-corrected chi connectivity index (χ3v) is 5.25. The molecule has 29 heavy (non-hydrogen) atoms. The Bertz CT molecular complexity index is 860. The molecule has 10 heteroatoms. The van der Waals surface area contributed by atoms with E-state index >= 15 is 0 Å². The minimum atomic E-state index is -1.24. The average Bonchev–Trinajstić information content (AvgIpc) is 2.70. The fourth-order valence-corrected chi connectivity index (χ4v) is 3.71. The number of aromatic nitrogens is 2. The first-order valence-electron chi connectivity index (χ1n) is 9.19. The van der Waals surface area contributed by atoms with Crippen LogP contribution in [0.2, 0.25) is 10.0 Å². The lowest BCUT2D eigenvalue weighted by Crippen LogP contribution is -2.38. The summed E-state index contributed by atoms with van der Waals surface area (Å²) in [6, 6.07) is 5.72. The second-order valence-corrected chi connectivity index (χ2v) is 7.42. The molecule has 0 aliphatic carbocycles. The van der Waals surface area contributed by atoms with Crippen LogP contribution in [0.1, 0.15) is 18.4 Å². The van der Waals surface area contributed by atoms with Crippen molar-refractivity contribution in [2.45, 2.75) is 25.4 Å². The van der Waals surface area contributed by atoms with E-state index in [1.807, 2.05) is 12.1 Å². The predicted octanol–water partition coefficient (Wildman–Crippen LogP) is 4.11. The molecule has 1 aromatic carbocycles. The van der Waals surface area contributed by atoms with Crippen LogP contribution in [-0.2, 0) is 11.2 Å². The lowest BCUT2D eigenvalue weighted by Gasteiger charge is -2.33. The number of nitrogens with one attached hydrogen (secondary N) is 1. The smallest absolute Gasteiger partial charge is 0.467 e. The van der Waals surface area contributed by atoms with Crippen LogP contribution >= 0.6 is 23.2 Å².